The highest BCUT2D eigenvalue weighted by atomic mass is 35.5. The Bertz CT molecular complexity index is 836. The maximum absolute atomic E-state index is 13.3. The number of nitrogens with one attached hydrogen (secondary N) is 1. The summed E-state index contributed by atoms with van der Waals surface area (Å²) in [7, 11) is 0. The second kappa shape index (κ2) is 10.6. The number of hydrogen-bond acceptors (Lipinski definition) is 2. The summed E-state index contributed by atoms with van der Waals surface area (Å²) in [6.07, 6.45) is 0.396. The Morgan fingerprint density at radius 2 is 1.66 bits per heavy atom. The molecule has 0 aliphatic carbocycles. The van der Waals surface area contributed by atoms with Crippen LogP contribution in [0.4, 0.5) is 4.39 Å². The Balaban J connectivity index is 2.34. The number of nitrogens with zero attached hydrogens (tertiary/aromatic N) is 1. The van der Waals surface area contributed by atoms with Crippen molar-refractivity contribution in [1.29, 1.82) is 0 Å². The quantitative estimate of drug-likeness (QED) is 0.629. The monoisotopic (exact) mass is 438 g/mol. The number of carbonyl (C=O) groups is 2. The summed E-state index contributed by atoms with van der Waals surface area (Å²) < 4.78 is 13.3. The molecule has 2 amide bonds. The van der Waals surface area contributed by atoms with Gasteiger partial charge in [0.05, 0.1) is 6.42 Å². The lowest BCUT2D eigenvalue weighted by molar-refractivity contribution is -0.141. The van der Waals surface area contributed by atoms with Crippen LogP contribution in [0.1, 0.15) is 38.3 Å². The maximum atomic E-state index is 13.3. The summed E-state index contributed by atoms with van der Waals surface area (Å²) in [6, 6.07) is 10.2. The molecule has 1 N–H and O–H groups in total. The first-order chi connectivity index (χ1) is 13.7. The van der Waals surface area contributed by atoms with E-state index < -0.39 is 6.04 Å². The van der Waals surface area contributed by atoms with Crippen LogP contribution >= 0.6 is 23.2 Å². The minimum Gasteiger partial charge on any atom is -0.352 e. The van der Waals surface area contributed by atoms with Crippen molar-refractivity contribution in [1.82, 2.24) is 10.2 Å². The van der Waals surface area contributed by atoms with Gasteiger partial charge in [0, 0.05) is 22.6 Å². The summed E-state index contributed by atoms with van der Waals surface area (Å²) in [5.41, 5.74) is 1.24. The third-order valence-corrected chi connectivity index (χ3v) is 5.18. The highest BCUT2D eigenvalue weighted by Crippen LogP contribution is 2.26. The van der Waals surface area contributed by atoms with Gasteiger partial charge in [-0.1, -0.05) is 48.3 Å². The van der Waals surface area contributed by atoms with Gasteiger partial charge in [-0.15, -0.1) is 0 Å². The zero-order valence-electron chi connectivity index (χ0n) is 16.7. The molecule has 2 aromatic rings. The molecule has 2 aromatic carbocycles. The maximum Gasteiger partial charge on any atom is 0.243 e. The van der Waals surface area contributed by atoms with Crippen LogP contribution in [0, 0.1) is 5.82 Å². The number of amides is 2. The zero-order chi connectivity index (χ0) is 21.6. The first-order valence-electron chi connectivity index (χ1n) is 9.50. The van der Waals surface area contributed by atoms with Crippen LogP contribution in [0.3, 0.4) is 0 Å². The molecule has 156 valence electrons. The predicted molar refractivity (Wildman–Crippen MR) is 114 cm³/mol. The average Bonchev–Trinajstić information content (AvgIpc) is 2.65. The van der Waals surface area contributed by atoms with Gasteiger partial charge < -0.3 is 10.2 Å². The SMILES string of the molecule is CCC(C(=O)NC(C)C)N(Cc1ccc(F)cc1)C(=O)Cc1c(Cl)cccc1Cl. The van der Waals surface area contributed by atoms with Crippen LogP contribution in [0.2, 0.25) is 10.0 Å². The fourth-order valence-electron chi connectivity index (χ4n) is 3.04. The molecule has 7 heteroatoms. The van der Waals surface area contributed by atoms with Crippen LogP contribution in [-0.4, -0.2) is 28.8 Å². The van der Waals surface area contributed by atoms with Gasteiger partial charge in [-0.05, 0) is 55.7 Å². The number of hydrogen-bond donors (Lipinski definition) is 1. The molecule has 0 fully saturated rings. The minimum atomic E-state index is -0.670. The smallest absolute Gasteiger partial charge is 0.243 e. The number of rotatable bonds is 8. The van der Waals surface area contributed by atoms with Crippen molar-refractivity contribution in [3.8, 4) is 0 Å². The van der Waals surface area contributed by atoms with Gasteiger partial charge in [0.15, 0.2) is 0 Å². The standard InChI is InChI=1S/C22H25Cl2FN2O2/c1-4-20(22(29)26-14(2)3)27(13-15-8-10-16(25)11-9-15)21(28)12-17-18(23)6-5-7-19(17)24/h5-11,14,20H,4,12-13H2,1-3H3,(H,26,29). The van der Waals surface area contributed by atoms with Gasteiger partial charge in [-0.25, -0.2) is 4.39 Å². The summed E-state index contributed by atoms with van der Waals surface area (Å²) in [4.78, 5) is 27.5. The fraction of sp³-hybridized carbons (Fsp3) is 0.364. The molecule has 0 aromatic heterocycles. The van der Waals surface area contributed by atoms with Gasteiger partial charge in [0.1, 0.15) is 11.9 Å². The van der Waals surface area contributed by atoms with Crippen LogP contribution in [-0.2, 0) is 22.6 Å². The molecule has 0 heterocycles. The van der Waals surface area contributed by atoms with E-state index in [0.717, 1.165) is 5.56 Å². The van der Waals surface area contributed by atoms with Crippen LogP contribution in [0.15, 0.2) is 42.5 Å². The second-order valence-electron chi connectivity index (χ2n) is 7.11. The van der Waals surface area contributed by atoms with Gasteiger partial charge in [-0.2, -0.15) is 0 Å². The highest BCUT2D eigenvalue weighted by Gasteiger charge is 2.29. The molecule has 0 aliphatic heterocycles. The topological polar surface area (TPSA) is 49.4 Å². The Hall–Kier alpha value is -2.11. The number of benzene rings is 2. The van der Waals surface area contributed by atoms with Crippen LogP contribution < -0.4 is 5.32 Å². The van der Waals surface area contributed by atoms with E-state index in [1.165, 1.54) is 17.0 Å². The first kappa shape index (κ1) is 23.2. The van der Waals surface area contributed by atoms with Crippen molar-refractivity contribution in [3.63, 3.8) is 0 Å². The van der Waals surface area contributed by atoms with Gasteiger partial charge >= 0.3 is 0 Å². The zero-order valence-corrected chi connectivity index (χ0v) is 18.2. The average molecular weight is 439 g/mol. The van der Waals surface area contributed by atoms with E-state index in [9.17, 15) is 14.0 Å². The lowest BCUT2D eigenvalue weighted by Crippen LogP contribution is -2.50. The third-order valence-electron chi connectivity index (χ3n) is 4.47. The van der Waals surface area contributed by atoms with Crippen molar-refractivity contribution >= 4 is 35.0 Å². The van der Waals surface area contributed by atoms with E-state index in [-0.39, 0.29) is 36.6 Å². The summed E-state index contributed by atoms with van der Waals surface area (Å²) in [5, 5.41) is 3.66. The summed E-state index contributed by atoms with van der Waals surface area (Å²) >= 11 is 12.4. The van der Waals surface area contributed by atoms with Gasteiger partial charge in [0.2, 0.25) is 11.8 Å². The predicted octanol–water partition coefficient (Wildman–Crippen LogP) is 5.01. The lowest BCUT2D eigenvalue weighted by Gasteiger charge is -2.31. The molecule has 1 unspecified atom stereocenters. The molecule has 0 aliphatic rings. The van der Waals surface area contributed by atoms with Crippen molar-refractivity contribution < 1.29 is 14.0 Å². The lowest BCUT2D eigenvalue weighted by atomic mass is 10.1. The number of carbonyl (C=O) groups excluding carboxylic acids is 2. The molecular weight excluding hydrogens is 414 g/mol. The van der Waals surface area contributed by atoms with Crippen molar-refractivity contribution in [3.05, 3.63) is 69.5 Å². The Labute approximate surface area is 181 Å². The van der Waals surface area contributed by atoms with Crippen LogP contribution in [0.5, 0.6) is 0 Å². The van der Waals surface area contributed by atoms with E-state index in [1.807, 2.05) is 20.8 Å². The molecule has 0 radical (unpaired) electrons. The third kappa shape index (κ3) is 6.44. The highest BCUT2D eigenvalue weighted by molar-refractivity contribution is 6.36. The molecule has 0 spiro atoms. The normalized spacial score (nSPS) is 12.0. The second-order valence-corrected chi connectivity index (χ2v) is 7.93. The Morgan fingerprint density at radius 1 is 1.07 bits per heavy atom. The van der Waals surface area contributed by atoms with E-state index >= 15 is 0 Å². The van der Waals surface area contributed by atoms with E-state index in [0.29, 0.717) is 22.0 Å². The summed E-state index contributed by atoms with van der Waals surface area (Å²) in [6.45, 7) is 5.74. The van der Waals surface area contributed by atoms with Gasteiger partial charge in [-0.3, -0.25) is 9.59 Å². The first-order valence-corrected chi connectivity index (χ1v) is 10.3. The number of halogens is 3. The van der Waals surface area contributed by atoms with Crippen molar-refractivity contribution in [2.24, 2.45) is 0 Å². The van der Waals surface area contributed by atoms with E-state index in [4.69, 9.17) is 23.2 Å². The molecule has 4 nitrogen and oxygen atoms in total. The molecule has 1 atom stereocenters. The Kier molecular flexibility index (Phi) is 8.47. The summed E-state index contributed by atoms with van der Waals surface area (Å²) in [5.74, 6) is -0.877. The largest absolute Gasteiger partial charge is 0.352 e. The fourth-order valence-corrected chi connectivity index (χ4v) is 3.57. The van der Waals surface area contributed by atoms with E-state index in [2.05, 4.69) is 5.32 Å². The van der Waals surface area contributed by atoms with E-state index in [1.54, 1.807) is 30.3 Å². The molecule has 2 rings (SSSR count). The van der Waals surface area contributed by atoms with Crippen LogP contribution in [0.25, 0.3) is 0 Å². The molecular formula is C22H25Cl2FN2O2. The molecule has 0 saturated heterocycles. The molecule has 0 saturated carbocycles. The minimum absolute atomic E-state index is 0.0365. The van der Waals surface area contributed by atoms with Crippen molar-refractivity contribution in [2.75, 3.05) is 0 Å². The van der Waals surface area contributed by atoms with Gasteiger partial charge in [0.25, 0.3) is 0 Å². The molecule has 29 heavy (non-hydrogen) atoms. The molecule has 0 bridgehead atoms. The Morgan fingerprint density at radius 3 is 2.17 bits per heavy atom. The van der Waals surface area contributed by atoms with Crippen molar-refractivity contribution in [2.45, 2.75) is 52.2 Å².